The smallest absolute Gasteiger partial charge is 0.335 e. The minimum atomic E-state index is -1.01. The number of rotatable bonds is 4. The molecular weight excluding hydrogens is 430 g/mol. The van der Waals surface area contributed by atoms with Crippen LogP contribution in [0.5, 0.6) is 0 Å². The average molecular weight is 447 g/mol. The number of aromatic carboxylic acids is 1. The first kappa shape index (κ1) is 20.0. The molecule has 160 valence electrons. The number of carboxylic acid groups (broad SMARTS) is 1. The maximum absolute atomic E-state index is 12.8. The van der Waals surface area contributed by atoms with Gasteiger partial charge in [-0.05, 0) is 41.1 Å². The zero-order valence-corrected chi connectivity index (χ0v) is 17.9. The van der Waals surface area contributed by atoms with Crippen molar-refractivity contribution < 1.29 is 19.4 Å². The number of carbonyl (C=O) groups is 2. The second-order valence-corrected chi connectivity index (χ2v) is 8.43. The van der Waals surface area contributed by atoms with E-state index in [1.54, 1.807) is 25.1 Å². The Balaban J connectivity index is 1.82. The Labute approximate surface area is 186 Å². The van der Waals surface area contributed by atoms with Crippen molar-refractivity contribution in [1.29, 1.82) is 0 Å². The van der Waals surface area contributed by atoms with Gasteiger partial charge in [-0.15, -0.1) is 11.3 Å². The Bertz CT molecular complexity index is 1410. The first-order valence-electron chi connectivity index (χ1n) is 9.75. The highest BCUT2D eigenvalue weighted by molar-refractivity contribution is 7.19. The minimum Gasteiger partial charge on any atom is -0.478 e. The Morgan fingerprint density at radius 1 is 1.16 bits per heavy atom. The fraction of sp³-hybridized carbons (Fsp3) is 0.182. The third-order valence-corrected chi connectivity index (χ3v) is 6.77. The zero-order chi connectivity index (χ0) is 22.4. The van der Waals surface area contributed by atoms with Crippen LogP contribution in [0.15, 0.2) is 53.5 Å². The van der Waals surface area contributed by atoms with Gasteiger partial charge in [-0.1, -0.05) is 35.4 Å². The molecule has 0 aliphatic carbocycles. The van der Waals surface area contributed by atoms with Crippen LogP contribution in [0.25, 0.3) is 21.2 Å². The van der Waals surface area contributed by atoms with E-state index >= 15 is 0 Å². The maximum Gasteiger partial charge on any atom is 0.335 e. The Hall–Kier alpha value is -3.92. The monoisotopic (exact) mass is 447 g/mol. The topological polar surface area (TPSA) is 120 Å². The number of aromatic nitrogens is 4. The summed E-state index contributed by atoms with van der Waals surface area (Å²) in [6.45, 7) is 1.75. The number of carbonyl (C=O) groups excluding carboxylic acids is 1. The molecule has 0 saturated carbocycles. The van der Waals surface area contributed by atoms with Crippen LogP contribution in [-0.2, 0) is 9.53 Å². The molecule has 4 aromatic rings. The third kappa shape index (κ3) is 3.07. The van der Waals surface area contributed by atoms with Gasteiger partial charge in [0.05, 0.1) is 12.7 Å². The van der Waals surface area contributed by atoms with Gasteiger partial charge in [-0.3, -0.25) is 4.79 Å². The number of hydrogen-bond donors (Lipinski definition) is 1. The van der Waals surface area contributed by atoms with E-state index in [9.17, 15) is 14.7 Å². The zero-order valence-electron chi connectivity index (χ0n) is 17.1. The summed E-state index contributed by atoms with van der Waals surface area (Å²) in [5.41, 5.74) is 2.30. The second kappa shape index (κ2) is 7.65. The van der Waals surface area contributed by atoms with E-state index in [1.165, 1.54) is 23.1 Å². The predicted octanol–water partition coefficient (Wildman–Crippen LogP) is 3.74. The number of carboxylic acids is 1. The van der Waals surface area contributed by atoms with E-state index in [4.69, 9.17) is 4.74 Å². The van der Waals surface area contributed by atoms with Crippen molar-refractivity contribution in [2.75, 3.05) is 7.11 Å². The number of fused-ring (bicyclic) bond motifs is 2. The quantitative estimate of drug-likeness (QED) is 0.473. The molecule has 32 heavy (non-hydrogen) atoms. The molecular formula is C22H17N5O4S. The van der Waals surface area contributed by atoms with Crippen LogP contribution in [0.1, 0.15) is 28.2 Å². The second-order valence-electron chi connectivity index (χ2n) is 7.35. The molecule has 0 spiro atoms. The highest BCUT2D eigenvalue weighted by Gasteiger charge is 2.42. The van der Waals surface area contributed by atoms with E-state index < -0.39 is 23.9 Å². The fourth-order valence-corrected chi connectivity index (χ4v) is 5.46. The highest BCUT2D eigenvalue weighted by Crippen LogP contribution is 2.47. The van der Waals surface area contributed by atoms with E-state index in [2.05, 4.69) is 20.5 Å². The highest BCUT2D eigenvalue weighted by atomic mass is 32.1. The molecule has 2 atom stereocenters. The van der Waals surface area contributed by atoms with E-state index in [-0.39, 0.29) is 5.56 Å². The van der Waals surface area contributed by atoms with Gasteiger partial charge in [0.25, 0.3) is 5.95 Å². The predicted molar refractivity (Wildman–Crippen MR) is 118 cm³/mol. The Morgan fingerprint density at radius 2 is 1.97 bits per heavy atom. The summed E-state index contributed by atoms with van der Waals surface area (Å²) < 4.78 is 7.63. The fourth-order valence-electron chi connectivity index (χ4n) is 4.11. The number of tetrazole rings is 1. The maximum atomic E-state index is 12.8. The van der Waals surface area contributed by atoms with Crippen molar-refractivity contribution in [3.63, 3.8) is 0 Å². The number of aliphatic imine (C=N–C) groups is 1. The lowest BCUT2D eigenvalue weighted by Gasteiger charge is -2.28. The molecule has 5 rings (SSSR count). The standard InChI is InChI=1S/C22H17N5O4S/c1-11-16(21(30)31-2)18(27-22(23-11)24-25-26-27)19-17(14-8-3-4-9-15(14)32-19)12-6-5-7-13(10-12)20(28)29/h3-10,16,18H,1-2H3,(H,28,29). The van der Waals surface area contributed by atoms with Gasteiger partial charge in [0.2, 0.25) is 0 Å². The normalized spacial score (nSPS) is 17.6. The summed E-state index contributed by atoms with van der Waals surface area (Å²) in [7, 11) is 1.34. The summed E-state index contributed by atoms with van der Waals surface area (Å²) >= 11 is 1.51. The van der Waals surface area contributed by atoms with Gasteiger partial charge in [0, 0.05) is 26.2 Å². The number of nitrogens with zero attached hydrogens (tertiary/aromatic N) is 5. The van der Waals surface area contributed by atoms with Gasteiger partial charge in [-0.2, -0.15) is 0 Å². The molecule has 10 heteroatoms. The number of esters is 1. The SMILES string of the molecule is COC(=O)C1C(C)=Nc2nnnn2C1c1sc2ccccc2c1-c1cccc(C(=O)O)c1. The molecule has 0 amide bonds. The van der Waals surface area contributed by atoms with Crippen LogP contribution in [0.3, 0.4) is 0 Å². The largest absolute Gasteiger partial charge is 0.478 e. The van der Waals surface area contributed by atoms with E-state index in [0.717, 1.165) is 26.1 Å². The molecule has 1 aliphatic rings. The molecule has 1 aliphatic heterocycles. The molecule has 2 aromatic heterocycles. The molecule has 2 aromatic carbocycles. The summed E-state index contributed by atoms with van der Waals surface area (Å²) in [5.74, 6) is -1.88. The lowest BCUT2D eigenvalue weighted by Crippen LogP contribution is -2.36. The number of hydrogen-bond acceptors (Lipinski definition) is 8. The molecule has 1 N–H and O–H groups in total. The lowest BCUT2D eigenvalue weighted by molar-refractivity contribution is -0.144. The number of ether oxygens (including phenoxy) is 1. The van der Waals surface area contributed by atoms with Crippen molar-refractivity contribution in [2.45, 2.75) is 13.0 Å². The Kier molecular flexibility index (Phi) is 4.78. The van der Waals surface area contributed by atoms with Gasteiger partial charge >= 0.3 is 11.9 Å². The molecule has 9 nitrogen and oxygen atoms in total. The molecule has 2 unspecified atom stereocenters. The lowest BCUT2D eigenvalue weighted by atomic mass is 9.88. The Morgan fingerprint density at radius 3 is 2.75 bits per heavy atom. The van der Waals surface area contributed by atoms with Crippen molar-refractivity contribution in [1.82, 2.24) is 20.2 Å². The first-order chi connectivity index (χ1) is 15.5. The van der Waals surface area contributed by atoms with Crippen molar-refractivity contribution in [3.05, 3.63) is 59.0 Å². The summed E-state index contributed by atoms with van der Waals surface area (Å²) in [6.07, 6.45) is 0. The van der Waals surface area contributed by atoms with Crippen LogP contribution < -0.4 is 0 Å². The number of methoxy groups -OCH3 is 1. The van der Waals surface area contributed by atoms with E-state index in [1.807, 2.05) is 30.3 Å². The van der Waals surface area contributed by atoms with Crippen molar-refractivity contribution in [2.24, 2.45) is 10.9 Å². The van der Waals surface area contributed by atoms with E-state index in [0.29, 0.717) is 11.7 Å². The summed E-state index contributed by atoms with van der Waals surface area (Å²) in [5, 5.41) is 22.3. The number of benzene rings is 2. The van der Waals surface area contributed by atoms with Crippen LogP contribution in [0.2, 0.25) is 0 Å². The van der Waals surface area contributed by atoms with Crippen molar-refractivity contribution >= 4 is 45.0 Å². The number of thiophene rings is 1. The molecule has 0 radical (unpaired) electrons. The van der Waals surface area contributed by atoms with Crippen LogP contribution in [0.4, 0.5) is 5.95 Å². The van der Waals surface area contributed by atoms with Crippen LogP contribution in [0, 0.1) is 5.92 Å². The summed E-state index contributed by atoms with van der Waals surface area (Å²) in [6, 6.07) is 14.0. The minimum absolute atomic E-state index is 0.178. The third-order valence-electron chi connectivity index (χ3n) is 5.53. The molecule has 0 saturated heterocycles. The average Bonchev–Trinajstić information content (AvgIpc) is 3.42. The van der Waals surface area contributed by atoms with Gasteiger partial charge in [-0.25, -0.2) is 14.5 Å². The van der Waals surface area contributed by atoms with Gasteiger partial charge < -0.3 is 9.84 Å². The van der Waals surface area contributed by atoms with Crippen LogP contribution >= 0.6 is 11.3 Å². The van der Waals surface area contributed by atoms with Gasteiger partial charge in [0.15, 0.2) is 0 Å². The molecule has 0 fully saturated rings. The van der Waals surface area contributed by atoms with Crippen molar-refractivity contribution in [3.8, 4) is 11.1 Å². The van der Waals surface area contributed by atoms with Crippen LogP contribution in [-0.4, -0.2) is 50.1 Å². The molecule has 0 bridgehead atoms. The van der Waals surface area contributed by atoms with Gasteiger partial charge in [0.1, 0.15) is 12.0 Å². The molecule has 3 heterocycles. The first-order valence-corrected chi connectivity index (χ1v) is 10.6. The summed E-state index contributed by atoms with van der Waals surface area (Å²) in [4.78, 5) is 29.7.